The maximum absolute atomic E-state index is 11.1. The molecule has 0 fully saturated rings. The Balaban J connectivity index is 2.43. The van der Waals surface area contributed by atoms with Gasteiger partial charge in [0.25, 0.3) is 0 Å². The molecule has 1 N–H and O–H groups in total. The van der Waals surface area contributed by atoms with Gasteiger partial charge in [0.2, 0.25) is 0 Å². The van der Waals surface area contributed by atoms with Gasteiger partial charge in [0.15, 0.2) is 5.69 Å². The van der Waals surface area contributed by atoms with Gasteiger partial charge in [-0.05, 0) is 25.7 Å². The Morgan fingerprint density at radius 3 is 2.76 bits per heavy atom. The summed E-state index contributed by atoms with van der Waals surface area (Å²) in [6.07, 6.45) is 0. The summed E-state index contributed by atoms with van der Waals surface area (Å²) in [5.41, 5.74) is 0.212. The predicted octanol–water partition coefficient (Wildman–Crippen LogP) is 0.627. The highest BCUT2D eigenvalue weighted by atomic mass is 16.5. The third-order valence-electron chi connectivity index (χ3n) is 2.40. The summed E-state index contributed by atoms with van der Waals surface area (Å²) >= 11 is 0. The number of anilines is 1. The number of methoxy groups -OCH3 is 1. The number of rotatable bonds is 6. The molecule has 94 valence electrons. The molecule has 1 rings (SSSR count). The van der Waals surface area contributed by atoms with E-state index >= 15 is 0 Å². The van der Waals surface area contributed by atoms with Crippen LogP contribution in [0.3, 0.4) is 0 Å². The number of likely N-dealkylation sites (N-methyl/N-ethyl adjacent to an activating group) is 1. The third kappa shape index (κ3) is 4.36. The van der Waals surface area contributed by atoms with Crippen molar-refractivity contribution in [1.82, 2.24) is 15.1 Å². The van der Waals surface area contributed by atoms with Crippen LogP contribution in [0.1, 0.15) is 17.4 Å². The van der Waals surface area contributed by atoms with Crippen LogP contribution in [-0.2, 0) is 4.74 Å². The number of hydrogen-bond acceptors (Lipinski definition) is 6. The highest BCUT2D eigenvalue weighted by Gasteiger charge is 2.07. The smallest absolute Gasteiger partial charge is 0.358 e. The normalized spacial score (nSPS) is 10.4. The molecule has 6 nitrogen and oxygen atoms in total. The van der Waals surface area contributed by atoms with Gasteiger partial charge in [-0.1, -0.05) is 6.92 Å². The standard InChI is InChI=1S/C11H18N4O2/c1-4-15(2)8-7-12-10-6-5-9(13-14-10)11(16)17-3/h5-6H,4,7-8H2,1-3H3,(H,12,14). The lowest BCUT2D eigenvalue weighted by Crippen LogP contribution is -2.25. The number of esters is 1. The number of ether oxygens (including phenoxy) is 1. The SMILES string of the molecule is CCN(C)CCNc1ccc(C(=O)OC)nn1. The quantitative estimate of drug-likeness (QED) is 0.733. The molecule has 0 spiro atoms. The average molecular weight is 238 g/mol. The molecule has 1 heterocycles. The Kier molecular flexibility index (Phi) is 5.35. The van der Waals surface area contributed by atoms with Gasteiger partial charge in [0, 0.05) is 13.1 Å². The van der Waals surface area contributed by atoms with E-state index in [0.717, 1.165) is 19.6 Å². The Morgan fingerprint density at radius 1 is 1.47 bits per heavy atom. The zero-order chi connectivity index (χ0) is 12.7. The summed E-state index contributed by atoms with van der Waals surface area (Å²) < 4.78 is 4.53. The number of nitrogens with zero attached hydrogens (tertiary/aromatic N) is 3. The van der Waals surface area contributed by atoms with E-state index in [1.54, 1.807) is 12.1 Å². The summed E-state index contributed by atoms with van der Waals surface area (Å²) in [4.78, 5) is 13.3. The number of hydrogen-bond donors (Lipinski definition) is 1. The van der Waals surface area contributed by atoms with Crippen molar-refractivity contribution in [3.8, 4) is 0 Å². The van der Waals surface area contributed by atoms with Crippen LogP contribution in [0.4, 0.5) is 5.82 Å². The molecule has 0 aliphatic carbocycles. The summed E-state index contributed by atoms with van der Waals surface area (Å²) in [5.74, 6) is 0.178. The molecular weight excluding hydrogens is 220 g/mol. The van der Waals surface area contributed by atoms with Crippen LogP contribution < -0.4 is 5.32 Å². The monoisotopic (exact) mass is 238 g/mol. The van der Waals surface area contributed by atoms with Gasteiger partial charge in [0.05, 0.1) is 7.11 Å². The minimum Gasteiger partial charge on any atom is -0.464 e. The number of aromatic nitrogens is 2. The van der Waals surface area contributed by atoms with E-state index in [2.05, 4.69) is 32.1 Å². The third-order valence-corrected chi connectivity index (χ3v) is 2.40. The Morgan fingerprint density at radius 2 is 2.24 bits per heavy atom. The first kappa shape index (κ1) is 13.4. The molecule has 17 heavy (non-hydrogen) atoms. The van der Waals surface area contributed by atoms with E-state index in [1.807, 2.05) is 7.05 Å². The Bertz CT molecular complexity index is 353. The van der Waals surface area contributed by atoms with Gasteiger partial charge in [-0.15, -0.1) is 10.2 Å². The fourth-order valence-corrected chi connectivity index (χ4v) is 1.17. The molecule has 0 saturated carbocycles. The minimum absolute atomic E-state index is 0.212. The maximum Gasteiger partial charge on any atom is 0.358 e. The molecule has 0 amide bonds. The van der Waals surface area contributed by atoms with Crippen molar-refractivity contribution < 1.29 is 9.53 Å². The molecule has 1 aromatic heterocycles. The van der Waals surface area contributed by atoms with Crippen molar-refractivity contribution in [2.24, 2.45) is 0 Å². The van der Waals surface area contributed by atoms with Crippen LogP contribution in [0.2, 0.25) is 0 Å². The van der Waals surface area contributed by atoms with Crippen LogP contribution in [0.5, 0.6) is 0 Å². The fraction of sp³-hybridized carbons (Fsp3) is 0.545. The van der Waals surface area contributed by atoms with Gasteiger partial charge in [-0.3, -0.25) is 0 Å². The summed E-state index contributed by atoms with van der Waals surface area (Å²) in [5, 5.41) is 10.8. The summed E-state index contributed by atoms with van der Waals surface area (Å²) in [7, 11) is 3.37. The van der Waals surface area contributed by atoms with Crippen molar-refractivity contribution in [3.63, 3.8) is 0 Å². The van der Waals surface area contributed by atoms with E-state index in [-0.39, 0.29) is 5.69 Å². The second-order valence-corrected chi connectivity index (χ2v) is 3.62. The Labute approximate surface area is 101 Å². The topological polar surface area (TPSA) is 67.4 Å². The number of carbonyl (C=O) groups is 1. The highest BCUT2D eigenvalue weighted by Crippen LogP contribution is 2.02. The van der Waals surface area contributed by atoms with Gasteiger partial charge < -0.3 is 15.0 Å². The zero-order valence-electron chi connectivity index (χ0n) is 10.4. The second-order valence-electron chi connectivity index (χ2n) is 3.62. The molecule has 0 atom stereocenters. The van der Waals surface area contributed by atoms with Crippen molar-refractivity contribution >= 4 is 11.8 Å². The summed E-state index contributed by atoms with van der Waals surface area (Å²) in [6.45, 7) is 4.83. The van der Waals surface area contributed by atoms with Gasteiger partial charge in [0.1, 0.15) is 5.82 Å². The van der Waals surface area contributed by atoms with Crippen molar-refractivity contribution in [2.45, 2.75) is 6.92 Å². The zero-order valence-corrected chi connectivity index (χ0v) is 10.4. The average Bonchev–Trinajstić information content (AvgIpc) is 2.38. The van der Waals surface area contributed by atoms with E-state index in [9.17, 15) is 4.79 Å². The molecule has 1 aromatic rings. The first-order valence-corrected chi connectivity index (χ1v) is 5.51. The first-order chi connectivity index (χ1) is 8.17. The molecule has 0 saturated heterocycles. The van der Waals surface area contributed by atoms with Crippen molar-refractivity contribution in [2.75, 3.05) is 39.1 Å². The number of carbonyl (C=O) groups excluding carboxylic acids is 1. The Hall–Kier alpha value is -1.69. The van der Waals surface area contributed by atoms with Gasteiger partial charge in [-0.25, -0.2) is 4.79 Å². The van der Waals surface area contributed by atoms with E-state index in [1.165, 1.54) is 7.11 Å². The second kappa shape index (κ2) is 6.80. The minimum atomic E-state index is -0.477. The molecule has 0 aromatic carbocycles. The van der Waals surface area contributed by atoms with Crippen LogP contribution in [-0.4, -0.2) is 54.9 Å². The van der Waals surface area contributed by atoms with E-state index in [4.69, 9.17) is 0 Å². The van der Waals surface area contributed by atoms with Crippen LogP contribution in [0.25, 0.3) is 0 Å². The summed E-state index contributed by atoms with van der Waals surface area (Å²) in [6, 6.07) is 3.30. The lowest BCUT2D eigenvalue weighted by atomic mass is 10.4. The molecule has 0 aliphatic heterocycles. The molecular formula is C11H18N4O2. The lowest BCUT2D eigenvalue weighted by Gasteiger charge is -2.13. The molecule has 0 aliphatic rings. The molecule has 0 bridgehead atoms. The van der Waals surface area contributed by atoms with E-state index < -0.39 is 5.97 Å². The van der Waals surface area contributed by atoms with Crippen LogP contribution in [0, 0.1) is 0 Å². The fourth-order valence-electron chi connectivity index (χ4n) is 1.17. The molecule has 0 radical (unpaired) electrons. The predicted molar refractivity (Wildman–Crippen MR) is 65.0 cm³/mol. The molecule has 6 heteroatoms. The maximum atomic E-state index is 11.1. The lowest BCUT2D eigenvalue weighted by molar-refractivity contribution is 0.0593. The highest BCUT2D eigenvalue weighted by molar-refractivity contribution is 5.86. The van der Waals surface area contributed by atoms with Crippen molar-refractivity contribution in [1.29, 1.82) is 0 Å². The van der Waals surface area contributed by atoms with Crippen molar-refractivity contribution in [3.05, 3.63) is 17.8 Å². The first-order valence-electron chi connectivity index (χ1n) is 5.51. The largest absolute Gasteiger partial charge is 0.464 e. The van der Waals surface area contributed by atoms with Crippen LogP contribution in [0.15, 0.2) is 12.1 Å². The van der Waals surface area contributed by atoms with Gasteiger partial charge in [-0.2, -0.15) is 0 Å². The molecule has 0 unspecified atom stereocenters. The van der Waals surface area contributed by atoms with Gasteiger partial charge >= 0.3 is 5.97 Å². The van der Waals surface area contributed by atoms with E-state index in [0.29, 0.717) is 5.82 Å². The van der Waals surface area contributed by atoms with Crippen LogP contribution >= 0.6 is 0 Å². The number of nitrogens with one attached hydrogen (secondary N) is 1.